The maximum absolute atomic E-state index is 13.6. The van der Waals surface area contributed by atoms with E-state index in [0.29, 0.717) is 11.6 Å². The van der Waals surface area contributed by atoms with E-state index in [-0.39, 0.29) is 5.97 Å². The highest BCUT2D eigenvalue weighted by molar-refractivity contribution is 5.98. The summed E-state index contributed by atoms with van der Waals surface area (Å²) < 4.78 is 6.60. The van der Waals surface area contributed by atoms with Gasteiger partial charge in [0.2, 0.25) is 0 Å². The lowest BCUT2D eigenvalue weighted by atomic mass is 9.77. The number of benzene rings is 3. The number of hydrogen-bond donors (Lipinski definition) is 1. The summed E-state index contributed by atoms with van der Waals surface area (Å²) in [7, 11) is 3.99. The van der Waals surface area contributed by atoms with Gasteiger partial charge in [-0.1, -0.05) is 37.3 Å². The highest BCUT2D eigenvalue weighted by Crippen LogP contribution is 2.51. The predicted octanol–water partition coefficient (Wildman–Crippen LogP) is 7.36. The van der Waals surface area contributed by atoms with Crippen LogP contribution in [0.25, 0.3) is 0 Å². The molecule has 5 nitrogen and oxygen atoms in total. The van der Waals surface area contributed by atoms with E-state index in [1.807, 2.05) is 25.1 Å². The van der Waals surface area contributed by atoms with E-state index in [4.69, 9.17) is 4.74 Å². The zero-order chi connectivity index (χ0) is 27.7. The predicted molar refractivity (Wildman–Crippen MR) is 162 cm³/mol. The van der Waals surface area contributed by atoms with Gasteiger partial charge in [0, 0.05) is 67.0 Å². The summed E-state index contributed by atoms with van der Waals surface area (Å²) >= 11 is 0. The van der Waals surface area contributed by atoms with Crippen LogP contribution in [0.5, 0.6) is 0 Å². The number of hydrogen-bond acceptors (Lipinski definition) is 5. The Bertz CT molecular complexity index is 1340. The summed E-state index contributed by atoms with van der Waals surface area (Å²) in [6.45, 7) is 10.7. The summed E-state index contributed by atoms with van der Waals surface area (Å²) in [6.07, 6.45) is 4.79. The number of aryl methyl sites for hydroxylation is 1. The minimum absolute atomic E-state index is 0.276. The summed E-state index contributed by atoms with van der Waals surface area (Å²) in [6, 6.07) is 21.6. The number of anilines is 3. The van der Waals surface area contributed by atoms with Gasteiger partial charge in [-0.25, -0.2) is 4.79 Å². The Hall–Kier alpha value is -3.47. The normalized spacial score (nSPS) is 22.3. The van der Waals surface area contributed by atoms with Crippen LogP contribution in [0.15, 0.2) is 60.7 Å². The van der Waals surface area contributed by atoms with Crippen molar-refractivity contribution in [1.82, 2.24) is 0 Å². The highest BCUT2D eigenvalue weighted by Gasteiger charge is 2.50. The van der Waals surface area contributed by atoms with E-state index in [2.05, 4.69) is 92.5 Å². The van der Waals surface area contributed by atoms with Crippen molar-refractivity contribution < 1.29 is 9.53 Å². The third kappa shape index (κ3) is 4.88. The topological polar surface area (TPSA) is 44.8 Å². The molecule has 206 valence electrons. The summed E-state index contributed by atoms with van der Waals surface area (Å²) in [5, 5.41) is 3.88. The Morgan fingerprint density at radius 1 is 0.872 bits per heavy atom. The molecule has 1 atom stereocenters. The van der Waals surface area contributed by atoms with Crippen molar-refractivity contribution in [3.63, 3.8) is 0 Å². The molecule has 1 saturated carbocycles. The number of nitrogens with one attached hydrogen (secondary N) is 1. The molecule has 0 saturated heterocycles. The molecule has 0 spiro atoms. The van der Waals surface area contributed by atoms with Crippen LogP contribution in [0.4, 0.5) is 17.1 Å². The fourth-order valence-corrected chi connectivity index (χ4v) is 6.45. The second kappa shape index (κ2) is 11.0. The molecule has 1 fully saturated rings. The van der Waals surface area contributed by atoms with Crippen molar-refractivity contribution >= 4 is 23.0 Å². The molecule has 5 heteroatoms. The van der Waals surface area contributed by atoms with Crippen LogP contribution in [0.1, 0.15) is 79.1 Å². The Morgan fingerprint density at radius 2 is 1.54 bits per heavy atom. The molecule has 3 aromatic carbocycles. The van der Waals surface area contributed by atoms with Crippen LogP contribution in [0.2, 0.25) is 0 Å². The van der Waals surface area contributed by atoms with Crippen LogP contribution in [0, 0.1) is 12.8 Å². The first-order valence-corrected chi connectivity index (χ1v) is 14.6. The van der Waals surface area contributed by atoms with Crippen LogP contribution in [-0.2, 0) is 10.3 Å². The van der Waals surface area contributed by atoms with Gasteiger partial charge in [0.1, 0.15) is 0 Å². The van der Waals surface area contributed by atoms with E-state index in [0.717, 1.165) is 65.5 Å². The third-order valence-electron chi connectivity index (χ3n) is 8.76. The molecular weight excluding hydrogens is 482 g/mol. The van der Waals surface area contributed by atoms with Crippen molar-refractivity contribution in [3.8, 4) is 0 Å². The van der Waals surface area contributed by atoms with Crippen molar-refractivity contribution in [1.29, 1.82) is 0 Å². The first-order chi connectivity index (χ1) is 18.8. The Morgan fingerprint density at radius 3 is 2.21 bits per heavy atom. The maximum atomic E-state index is 13.6. The molecule has 1 N–H and O–H groups in total. The Labute approximate surface area is 234 Å². The monoisotopic (exact) mass is 525 g/mol. The van der Waals surface area contributed by atoms with Gasteiger partial charge in [0.25, 0.3) is 0 Å². The van der Waals surface area contributed by atoms with Gasteiger partial charge >= 0.3 is 5.97 Å². The van der Waals surface area contributed by atoms with Crippen molar-refractivity contribution in [2.45, 2.75) is 65.0 Å². The molecule has 2 aliphatic rings. The number of fused-ring (bicyclic) bond motifs is 1. The Balaban J connectivity index is 1.70. The minimum Gasteiger partial charge on any atom is -0.440 e. The molecule has 1 unspecified atom stereocenters. The number of carbonyl (C=O) groups excluding carboxylic acids is 1. The third-order valence-corrected chi connectivity index (χ3v) is 8.76. The van der Waals surface area contributed by atoms with E-state index < -0.39 is 5.60 Å². The second-order valence-corrected chi connectivity index (χ2v) is 11.5. The average molecular weight is 526 g/mol. The van der Waals surface area contributed by atoms with E-state index in [1.54, 1.807) is 0 Å². The van der Waals surface area contributed by atoms with Crippen LogP contribution in [0.3, 0.4) is 0 Å². The van der Waals surface area contributed by atoms with Crippen molar-refractivity contribution in [2.24, 2.45) is 5.92 Å². The van der Waals surface area contributed by atoms with Gasteiger partial charge in [0.05, 0.1) is 5.56 Å². The SMILES string of the molecule is CCN(CC)c1ccc(C2(c3ccccc3NC3CCC(C)CC3)OC(=O)c3cc(N(C)C)ccc32)c(C)c1. The number of para-hydroxylation sites is 1. The summed E-state index contributed by atoms with van der Waals surface area (Å²) in [4.78, 5) is 18.0. The van der Waals surface area contributed by atoms with Gasteiger partial charge in [-0.3, -0.25) is 0 Å². The fourth-order valence-electron chi connectivity index (χ4n) is 6.45. The Kier molecular flexibility index (Phi) is 7.61. The molecular formula is C34H43N3O2. The van der Waals surface area contributed by atoms with Gasteiger partial charge < -0.3 is 19.9 Å². The highest BCUT2D eigenvalue weighted by atomic mass is 16.6. The van der Waals surface area contributed by atoms with Gasteiger partial charge in [-0.05, 0) is 88.3 Å². The molecule has 5 rings (SSSR count). The zero-order valence-corrected chi connectivity index (χ0v) is 24.4. The van der Waals surface area contributed by atoms with E-state index >= 15 is 0 Å². The molecule has 39 heavy (non-hydrogen) atoms. The molecule has 0 radical (unpaired) electrons. The molecule has 1 aliphatic heterocycles. The van der Waals surface area contributed by atoms with Crippen LogP contribution >= 0.6 is 0 Å². The molecule has 0 aromatic heterocycles. The maximum Gasteiger partial charge on any atom is 0.340 e. The molecule has 1 aliphatic carbocycles. The lowest BCUT2D eigenvalue weighted by Crippen LogP contribution is -2.33. The fraction of sp³-hybridized carbons (Fsp3) is 0.441. The van der Waals surface area contributed by atoms with Gasteiger partial charge in [0.15, 0.2) is 5.60 Å². The summed E-state index contributed by atoms with van der Waals surface area (Å²) in [5.74, 6) is 0.507. The first kappa shape index (κ1) is 27.1. The molecule has 0 amide bonds. The molecule has 1 heterocycles. The van der Waals surface area contributed by atoms with Gasteiger partial charge in [-0.15, -0.1) is 0 Å². The standard InChI is InChI=1S/C34H43N3O2/c1-7-37(8-2)27-18-19-29(24(4)21-27)34(30-20-17-26(36(5)6)22-28(30)33(38)39-34)31-11-9-10-12-32(31)35-25-15-13-23(3)14-16-25/h9-12,17-23,25,35H,7-8,13-16H2,1-6H3. The lowest BCUT2D eigenvalue weighted by molar-refractivity contribution is 0.0252. The minimum atomic E-state index is -1.03. The molecule has 3 aromatic rings. The average Bonchev–Trinajstić information content (AvgIpc) is 3.23. The van der Waals surface area contributed by atoms with Crippen molar-refractivity contribution in [3.05, 3.63) is 88.5 Å². The largest absolute Gasteiger partial charge is 0.440 e. The van der Waals surface area contributed by atoms with Crippen LogP contribution in [-0.4, -0.2) is 39.2 Å². The summed E-state index contributed by atoms with van der Waals surface area (Å²) in [5.41, 5.74) is 6.83. The molecule has 0 bridgehead atoms. The smallest absolute Gasteiger partial charge is 0.340 e. The van der Waals surface area contributed by atoms with Gasteiger partial charge in [-0.2, -0.15) is 0 Å². The number of ether oxygens (including phenoxy) is 1. The number of nitrogens with zero attached hydrogens (tertiary/aromatic N) is 2. The number of rotatable bonds is 8. The van der Waals surface area contributed by atoms with Crippen molar-refractivity contribution in [2.75, 3.05) is 42.3 Å². The second-order valence-electron chi connectivity index (χ2n) is 11.5. The number of carbonyl (C=O) groups is 1. The van der Waals surface area contributed by atoms with E-state index in [1.165, 1.54) is 18.5 Å². The van der Waals surface area contributed by atoms with E-state index in [9.17, 15) is 4.79 Å². The number of esters is 1. The quantitative estimate of drug-likeness (QED) is 0.311. The lowest BCUT2D eigenvalue weighted by Gasteiger charge is -2.35. The zero-order valence-electron chi connectivity index (χ0n) is 24.4. The number of cyclic esters (lactones) is 1. The first-order valence-electron chi connectivity index (χ1n) is 14.6. The van der Waals surface area contributed by atoms with Crippen LogP contribution < -0.4 is 15.1 Å².